The highest BCUT2D eigenvalue weighted by atomic mass is 19.1. The lowest BCUT2D eigenvalue weighted by molar-refractivity contribution is 0.567. The molecule has 0 radical (unpaired) electrons. The second kappa shape index (κ2) is 5.51. The van der Waals surface area contributed by atoms with E-state index >= 15 is 0 Å². The molecule has 1 aromatic carbocycles. The molecule has 2 aromatic heterocycles. The minimum absolute atomic E-state index is 0.211. The summed E-state index contributed by atoms with van der Waals surface area (Å²) in [5, 5.41) is 10.8. The van der Waals surface area contributed by atoms with E-state index in [9.17, 15) is 8.78 Å². The van der Waals surface area contributed by atoms with Crippen molar-refractivity contribution in [3.63, 3.8) is 0 Å². The number of hydrogen-bond donors (Lipinski definition) is 1. The van der Waals surface area contributed by atoms with Crippen LogP contribution in [0.1, 0.15) is 5.82 Å². The first-order valence-corrected chi connectivity index (χ1v) is 6.63. The number of hydrogen-bond acceptors (Lipinski definition) is 4. The standard InChI is InChI=1S/C15H13F2N5/c1-9-20-21-15(12-7-4-8-13(18-2)19-12)22(9)14-10(16)5-3-6-11(14)17/h3-8H,1-2H3,(H,18,19). The Kier molecular flexibility index (Phi) is 3.54. The summed E-state index contributed by atoms with van der Waals surface area (Å²) in [7, 11) is 1.73. The van der Waals surface area contributed by atoms with Crippen LogP contribution in [0.4, 0.5) is 14.6 Å². The Hall–Kier alpha value is -2.83. The van der Waals surface area contributed by atoms with E-state index in [1.165, 1.54) is 22.8 Å². The predicted octanol–water partition coefficient (Wildman–Crippen LogP) is 2.96. The summed E-state index contributed by atoms with van der Waals surface area (Å²) in [5.74, 6) is -0.101. The zero-order chi connectivity index (χ0) is 15.7. The molecular formula is C15H13F2N5. The van der Waals surface area contributed by atoms with Crippen molar-refractivity contribution in [3.05, 3.63) is 53.9 Å². The summed E-state index contributed by atoms with van der Waals surface area (Å²) in [6, 6.07) is 8.96. The van der Waals surface area contributed by atoms with Crippen molar-refractivity contribution in [2.75, 3.05) is 12.4 Å². The fourth-order valence-electron chi connectivity index (χ4n) is 2.20. The molecule has 0 aliphatic rings. The lowest BCUT2D eigenvalue weighted by atomic mass is 10.2. The number of anilines is 1. The van der Waals surface area contributed by atoms with E-state index in [1.54, 1.807) is 32.2 Å². The van der Waals surface area contributed by atoms with E-state index in [0.717, 1.165) is 0 Å². The minimum atomic E-state index is -0.686. The van der Waals surface area contributed by atoms with E-state index in [-0.39, 0.29) is 11.5 Å². The first kappa shape index (κ1) is 14.1. The van der Waals surface area contributed by atoms with Gasteiger partial charge in [0.25, 0.3) is 0 Å². The maximum absolute atomic E-state index is 14.1. The van der Waals surface area contributed by atoms with Crippen molar-refractivity contribution in [1.82, 2.24) is 19.7 Å². The predicted molar refractivity (Wildman–Crippen MR) is 78.8 cm³/mol. The molecule has 3 rings (SSSR count). The average Bonchev–Trinajstić information content (AvgIpc) is 2.89. The lowest BCUT2D eigenvalue weighted by Crippen LogP contribution is -2.06. The number of halogens is 2. The van der Waals surface area contributed by atoms with Crippen molar-refractivity contribution in [2.24, 2.45) is 0 Å². The summed E-state index contributed by atoms with van der Waals surface area (Å²) in [6.45, 7) is 1.63. The Morgan fingerprint density at radius 1 is 1.00 bits per heavy atom. The van der Waals surface area contributed by atoms with Gasteiger partial charge >= 0.3 is 0 Å². The maximum atomic E-state index is 14.1. The molecule has 22 heavy (non-hydrogen) atoms. The van der Waals surface area contributed by atoms with Gasteiger partial charge in [0, 0.05) is 7.05 Å². The molecule has 0 atom stereocenters. The molecular weight excluding hydrogens is 288 g/mol. The van der Waals surface area contributed by atoms with E-state index in [4.69, 9.17) is 0 Å². The van der Waals surface area contributed by atoms with Crippen LogP contribution in [-0.4, -0.2) is 26.8 Å². The Morgan fingerprint density at radius 2 is 1.68 bits per heavy atom. The van der Waals surface area contributed by atoms with Gasteiger partial charge in [-0.2, -0.15) is 0 Å². The van der Waals surface area contributed by atoms with Crippen molar-refractivity contribution in [3.8, 4) is 17.2 Å². The van der Waals surface area contributed by atoms with Crippen LogP contribution < -0.4 is 5.32 Å². The maximum Gasteiger partial charge on any atom is 0.187 e. The molecule has 0 bridgehead atoms. The zero-order valence-electron chi connectivity index (χ0n) is 12.0. The Bertz CT molecular complexity index is 808. The molecule has 0 spiro atoms. The van der Waals surface area contributed by atoms with Crippen molar-refractivity contribution in [2.45, 2.75) is 6.92 Å². The normalized spacial score (nSPS) is 10.7. The molecule has 3 aromatic rings. The summed E-state index contributed by atoms with van der Waals surface area (Å²) >= 11 is 0. The number of nitrogens with one attached hydrogen (secondary N) is 1. The molecule has 1 N–H and O–H groups in total. The quantitative estimate of drug-likeness (QED) is 0.808. The topological polar surface area (TPSA) is 55.6 Å². The highest BCUT2D eigenvalue weighted by Gasteiger charge is 2.20. The third-order valence-electron chi connectivity index (χ3n) is 3.22. The molecule has 5 nitrogen and oxygen atoms in total. The molecule has 0 saturated heterocycles. The number of aromatic nitrogens is 4. The van der Waals surface area contributed by atoms with Gasteiger partial charge in [0.05, 0.1) is 0 Å². The van der Waals surface area contributed by atoms with Crippen molar-refractivity contribution < 1.29 is 8.78 Å². The molecule has 0 amide bonds. The van der Waals surface area contributed by atoms with E-state index < -0.39 is 11.6 Å². The fourth-order valence-corrected chi connectivity index (χ4v) is 2.20. The SMILES string of the molecule is CNc1cccc(-c2nnc(C)n2-c2c(F)cccc2F)n1. The third-order valence-corrected chi connectivity index (χ3v) is 3.22. The fraction of sp³-hybridized carbons (Fsp3) is 0.133. The monoisotopic (exact) mass is 301 g/mol. The van der Waals surface area contributed by atoms with Crippen LogP contribution in [-0.2, 0) is 0 Å². The molecule has 112 valence electrons. The van der Waals surface area contributed by atoms with Gasteiger partial charge in [0.2, 0.25) is 0 Å². The van der Waals surface area contributed by atoms with Crippen molar-refractivity contribution in [1.29, 1.82) is 0 Å². The Balaban J connectivity index is 2.24. The van der Waals surface area contributed by atoms with Crippen molar-refractivity contribution >= 4 is 5.82 Å². The van der Waals surface area contributed by atoms with E-state index in [2.05, 4.69) is 20.5 Å². The van der Waals surface area contributed by atoms with Crippen LogP contribution in [0.2, 0.25) is 0 Å². The summed E-state index contributed by atoms with van der Waals surface area (Å²) in [4.78, 5) is 4.34. The van der Waals surface area contributed by atoms with Gasteiger partial charge in [0.15, 0.2) is 5.82 Å². The molecule has 0 saturated carbocycles. The van der Waals surface area contributed by atoms with E-state index in [1.807, 2.05) is 0 Å². The first-order chi connectivity index (χ1) is 10.6. The molecule has 0 aliphatic carbocycles. The molecule has 0 fully saturated rings. The highest BCUT2D eigenvalue weighted by molar-refractivity contribution is 5.57. The first-order valence-electron chi connectivity index (χ1n) is 6.63. The smallest absolute Gasteiger partial charge is 0.187 e. The number of para-hydroxylation sites is 1. The Labute approximate surface area is 125 Å². The average molecular weight is 301 g/mol. The minimum Gasteiger partial charge on any atom is -0.373 e. The highest BCUT2D eigenvalue weighted by Crippen LogP contribution is 2.25. The van der Waals surface area contributed by atoms with Crippen LogP contribution >= 0.6 is 0 Å². The largest absolute Gasteiger partial charge is 0.373 e. The van der Waals surface area contributed by atoms with Gasteiger partial charge in [0.1, 0.15) is 34.7 Å². The summed E-state index contributed by atoms with van der Waals surface area (Å²) < 4.78 is 29.5. The third kappa shape index (κ3) is 2.30. The van der Waals surface area contributed by atoms with Crippen LogP contribution in [0.15, 0.2) is 36.4 Å². The van der Waals surface area contributed by atoms with Gasteiger partial charge in [-0.05, 0) is 31.2 Å². The molecule has 7 heteroatoms. The van der Waals surface area contributed by atoms with Gasteiger partial charge < -0.3 is 5.32 Å². The summed E-state index contributed by atoms with van der Waals surface area (Å²) in [5.41, 5.74) is 0.256. The summed E-state index contributed by atoms with van der Waals surface area (Å²) in [6.07, 6.45) is 0. The van der Waals surface area contributed by atoms with E-state index in [0.29, 0.717) is 17.3 Å². The number of benzene rings is 1. The lowest BCUT2D eigenvalue weighted by Gasteiger charge is -2.11. The number of pyridine rings is 1. The second-order valence-electron chi connectivity index (χ2n) is 4.63. The number of aryl methyl sites for hydroxylation is 1. The van der Waals surface area contributed by atoms with Gasteiger partial charge in [-0.3, -0.25) is 4.57 Å². The van der Waals surface area contributed by atoms with Crippen LogP contribution in [0.25, 0.3) is 17.2 Å². The molecule has 0 aliphatic heterocycles. The zero-order valence-corrected chi connectivity index (χ0v) is 12.0. The van der Waals surface area contributed by atoms with Gasteiger partial charge in [-0.25, -0.2) is 13.8 Å². The number of rotatable bonds is 3. The molecule has 2 heterocycles. The van der Waals surface area contributed by atoms with Gasteiger partial charge in [-0.1, -0.05) is 12.1 Å². The molecule has 0 unspecified atom stereocenters. The second-order valence-corrected chi connectivity index (χ2v) is 4.63. The van der Waals surface area contributed by atoms with Crippen LogP contribution in [0, 0.1) is 18.6 Å². The number of nitrogens with zero attached hydrogens (tertiary/aromatic N) is 4. The Morgan fingerprint density at radius 3 is 2.36 bits per heavy atom. The van der Waals surface area contributed by atoms with Crippen LogP contribution in [0.5, 0.6) is 0 Å². The van der Waals surface area contributed by atoms with Crippen LogP contribution in [0.3, 0.4) is 0 Å². The van der Waals surface area contributed by atoms with Gasteiger partial charge in [-0.15, -0.1) is 10.2 Å².